The number of imide groups is 1. The van der Waals surface area contributed by atoms with Crippen LogP contribution in [0, 0.1) is 17.6 Å². The van der Waals surface area contributed by atoms with E-state index in [9.17, 15) is 18.8 Å². The number of rotatable bonds is 10. The molecular formula is C47H54F2N10O3. The highest BCUT2D eigenvalue weighted by Crippen LogP contribution is 2.33. The zero-order valence-corrected chi connectivity index (χ0v) is 35.2. The van der Waals surface area contributed by atoms with E-state index >= 15 is 4.39 Å². The zero-order valence-electron chi connectivity index (χ0n) is 35.2. The minimum absolute atomic E-state index is 0.101. The number of anilines is 3. The van der Waals surface area contributed by atoms with E-state index in [1.807, 2.05) is 30.1 Å². The van der Waals surface area contributed by atoms with Gasteiger partial charge in [-0.1, -0.05) is 12.1 Å². The Morgan fingerprint density at radius 3 is 2.31 bits per heavy atom. The summed E-state index contributed by atoms with van der Waals surface area (Å²) in [6, 6.07) is 18.2. The fourth-order valence-corrected chi connectivity index (χ4v) is 9.75. The SMILES string of the molecule is Cn1c(CN2CCC(c3ccc(C(=O)N4CCC(CN5CCN(c6ccc(NC7CCC(=O)NC7=O)cc6F)CC5)CC4)cc3)CC2)cc2c(-c3cnc(N)c(F)c3)ccnc21. The van der Waals surface area contributed by atoms with Gasteiger partial charge >= 0.3 is 0 Å². The first-order valence-corrected chi connectivity index (χ1v) is 21.9. The third-order valence-electron chi connectivity index (χ3n) is 13.5. The van der Waals surface area contributed by atoms with Gasteiger partial charge in [0.05, 0.1) is 5.69 Å². The van der Waals surface area contributed by atoms with Crippen molar-refractivity contribution >= 4 is 45.9 Å². The minimum Gasteiger partial charge on any atom is -0.381 e. The summed E-state index contributed by atoms with van der Waals surface area (Å²) in [5.41, 5.74) is 12.3. The number of piperazine rings is 1. The van der Waals surface area contributed by atoms with Gasteiger partial charge in [0.25, 0.3) is 5.91 Å². The third kappa shape index (κ3) is 8.86. The molecule has 5 aromatic rings. The van der Waals surface area contributed by atoms with Crippen LogP contribution in [0.1, 0.15) is 66.1 Å². The van der Waals surface area contributed by atoms with E-state index in [-0.39, 0.29) is 35.8 Å². The number of hydrogen-bond donors (Lipinski definition) is 3. The standard InChI is InChI=1S/C47H54F2N10O3/c1-55-36(26-38-37(10-15-51-45(38)55)34-24-40(49)44(50)52-27-34)29-56-16-13-32(14-17-56)31-2-4-33(5-3-31)47(62)59-18-11-30(12-19-59)28-57-20-22-58(23-21-57)42-8-6-35(25-39(42)48)53-41-7-9-43(60)54-46(41)61/h2-6,8,10,15,24-27,30,32,41,53H,7,9,11-14,16-23,28-29H2,1H3,(H2,50,52)(H,54,60,61). The van der Waals surface area contributed by atoms with Crippen molar-refractivity contribution in [1.82, 2.24) is 34.6 Å². The van der Waals surface area contributed by atoms with Gasteiger partial charge in [-0.05, 0) is 117 Å². The summed E-state index contributed by atoms with van der Waals surface area (Å²) >= 11 is 0. The number of nitrogens with two attached hydrogens (primary N) is 1. The second-order valence-corrected chi connectivity index (χ2v) is 17.4. The first-order chi connectivity index (χ1) is 30.1. The lowest BCUT2D eigenvalue weighted by Gasteiger charge is -2.39. The maximum atomic E-state index is 15.2. The first kappa shape index (κ1) is 41.4. The molecule has 0 radical (unpaired) electrons. The van der Waals surface area contributed by atoms with Crippen molar-refractivity contribution in [1.29, 1.82) is 0 Å². The molecule has 324 valence electrons. The quantitative estimate of drug-likeness (QED) is 0.148. The Balaban J connectivity index is 0.709. The number of fused-ring (bicyclic) bond motifs is 1. The Labute approximate surface area is 360 Å². The molecule has 13 nitrogen and oxygen atoms in total. The molecule has 1 unspecified atom stereocenters. The zero-order chi connectivity index (χ0) is 42.9. The number of pyridine rings is 2. The maximum absolute atomic E-state index is 15.2. The van der Waals surface area contributed by atoms with E-state index in [1.54, 1.807) is 24.5 Å². The Hall–Kier alpha value is -5.93. The Morgan fingerprint density at radius 2 is 1.60 bits per heavy atom. The number of carbonyl (C=O) groups is 3. The highest BCUT2D eigenvalue weighted by Gasteiger charge is 2.30. The summed E-state index contributed by atoms with van der Waals surface area (Å²) in [5.74, 6) is -0.579. The molecule has 9 rings (SSSR count). The van der Waals surface area contributed by atoms with Crippen LogP contribution >= 0.6 is 0 Å². The van der Waals surface area contributed by atoms with Crippen LogP contribution in [0.2, 0.25) is 0 Å². The summed E-state index contributed by atoms with van der Waals surface area (Å²) in [4.78, 5) is 54.8. The lowest BCUT2D eigenvalue weighted by molar-refractivity contribution is -0.133. The van der Waals surface area contributed by atoms with Crippen LogP contribution in [0.5, 0.6) is 0 Å². The lowest BCUT2D eigenvalue weighted by Crippen LogP contribution is -2.49. The second-order valence-electron chi connectivity index (χ2n) is 17.4. The Morgan fingerprint density at radius 1 is 0.839 bits per heavy atom. The maximum Gasteiger partial charge on any atom is 0.253 e. The molecule has 0 spiro atoms. The van der Waals surface area contributed by atoms with Gasteiger partial charge in [0.1, 0.15) is 17.5 Å². The van der Waals surface area contributed by atoms with E-state index in [2.05, 4.69) is 58.1 Å². The Bertz CT molecular complexity index is 2450. The van der Waals surface area contributed by atoms with Gasteiger partial charge in [-0.3, -0.25) is 29.5 Å². The van der Waals surface area contributed by atoms with Crippen molar-refractivity contribution in [3.05, 3.63) is 102 Å². The number of carbonyl (C=O) groups excluding carboxylic acids is 3. The van der Waals surface area contributed by atoms with Gasteiger partial charge < -0.3 is 25.4 Å². The summed E-state index contributed by atoms with van der Waals surface area (Å²) in [6.07, 6.45) is 8.01. The molecule has 15 heteroatoms. The van der Waals surface area contributed by atoms with E-state index in [0.717, 1.165) is 119 Å². The highest BCUT2D eigenvalue weighted by atomic mass is 19.1. The molecule has 4 aliphatic heterocycles. The molecule has 3 amide bonds. The van der Waals surface area contributed by atoms with Gasteiger partial charge in [-0.25, -0.2) is 18.7 Å². The van der Waals surface area contributed by atoms with Crippen molar-refractivity contribution in [2.75, 3.05) is 74.9 Å². The van der Waals surface area contributed by atoms with Gasteiger partial charge in [0.15, 0.2) is 11.6 Å². The largest absolute Gasteiger partial charge is 0.381 e. The predicted molar refractivity (Wildman–Crippen MR) is 235 cm³/mol. The molecule has 0 aliphatic carbocycles. The van der Waals surface area contributed by atoms with Crippen molar-refractivity contribution in [2.24, 2.45) is 13.0 Å². The smallest absolute Gasteiger partial charge is 0.253 e. The molecule has 4 saturated heterocycles. The topological polar surface area (TPSA) is 145 Å². The van der Waals surface area contributed by atoms with E-state index in [1.165, 1.54) is 17.7 Å². The van der Waals surface area contributed by atoms with Crippen LogP contribution in [0.15, 0.2) is 73.1 Å². The monoisotopic (exact) mass is 844 g/mol. The summed E-state index contributed by atoms with van der Waals surface area (Å²) in [7, 11) is 2.03. The van der Waals surface area contributed by atoms with E-state index < -0.39 is 11.9 Å². The molecule has 4 fully saturated rings. The van der Waals surface area contributed by atoms with Crippen molar-refractivity contribution in [2.45, 2.75) is 57.0 Å². The number of amides is 3. The summed E-state index contributed by atoms with van der Waals surface area (Å²) in [6.45, 7) is 8.33. The van der Waals surface area contributed by atoms with Gasteiger partial charge in [-0.15, -0.1) is 0 Å². The van der Waals surface area contributed by atoms with Crippen LogP contribution in [-0.2, 0) is 23.2 Å². The van der Waals surface area contributed by atoms with Gasteiger partial charge in [0.2, 0.25) is 11.8 Å². The van der Waals surface area contributed by atoms with Crippen LogP contribution in [-0.4, -0.2) is 112 Å². The van der Waals surface area contributed by atoms with Crippen LogP contribution in [0.3, 0.4) is 0 Å². The molecule has 3 aromatic heterocycles. The number of nitrogens with zero attached hydrogens (tertiary/aromatic N) is 7. The number of piperidine rings is 3. The minimum atomic E-state index is -0.555. The predicted octanol–water partition coefficient (Wildman–Crippen LogP) is 5.77. The Kier molecular flexibility index (Phi) is 11.9. The molecule has 2 aromatic carbocycles. The number of nitrogen functional groups attached to an aromatic ring is 1. The third-order valence-corrected chi connectivity index (χ3v) is 13.5. The summed E-state index contributed by atoms with van der Waals surface area (Å²) in [5, 5.41) is 6.34. The lowest BCUT2D eigenvalue weighted by atomic mass is 9.88. The van der Waals surface area contributed by atoms with Crippen molar-refractivity contribution in [3.63, 3.8) is 0 Å². The molecule has 0 bridgehead atoms. The van der Waals surface area contributed by atoms with Crippen molar-refractivity contribution < 1.29 is 23.2 Å². The average molecular weight is 845 g/mol. The molecule has 0 saturated carbocycles. The van der Waals surface area contributed by atoms with Crippen LogP contribution < -0.4 is 21.3 Å². The highest BCUT2D eigenvalue weighted by molar-refractivity contribution is 6.01. The molecular weight excluding hydrogens is 791 g/mol. The fourth-order valence-electron chi connectivity index (χ4n) is 9.75. The number of halogens is 2. The normalized spacial score (nSPS) is 19.9. The van der Waals surface area contributed by atoms with E-state index in [4.69, 9.17) is 5.73 Å². The molecule has 62 heavy (non-hydrogen) atoms. The molecule has 4 aliphatic rings. The number of likely N-dealkylation sites (tertiary alicyclic amines) is 2. The number of nitrogens with one attached hydrogen (secondary N) is 2. The average Bonchev–Trinajstić information content (AvgIpc) is 3.60. The fraction of sp³-hybridized carbons (Fsp3) is 0.426. The summed E-state index contributed by atoms with van der Waals surface area (Å²) < 4.78 is 31.6. The van der Waals surface area contributed by atoms with E-state index in [0.29, 0.717) is 35.2 Å². The molecule has 7 heterocycles. The van der Waals surface area contributed by atoms with Crippen molar-refractivity contribution in [3.8, 4) is 11.1 Å². The first-order valence-electron chi connectivity index (χ1n) is 21.9. The van der Waals surface area contributed by atoms with Crippen LogP contribution in [0.4, 0.5) is 26.0 Å². The molecule has 1 atom stereocenters. The number of aromatic nitrogens is 3. The molecule has 4 N–H and O–H groups in total. The van der Waals surface area contributed by atoms with Gasteiger partial charge in [-0.2, -0.15) is 0 Å². The number of aryl methyl sites for hydroxylation is 1. The number of benzene rings is 2. The van der Waals surface area contributed by atoms with Gasteiger partial charge in [0, 0.05) is 106 Å². The number of hydrogen-bond acceptors (Lipinski definition) is 10. The van der Waals surface area contributed by atoms with Crippen LogP contribution in [0.25, 0.3) is 22.2 Å². The second kappa shape index (κ2) is 17.8.